The van der Waals surface area contributed by atoms with Crippen LogP contribution in [-0.4, -0.2) is 18.2 Å². The van der Waals surface area contributed by atoms with Gasteiger partial charge in [-0.2, -0.15) is 0 Å². The predicted octanol–water partition coefficient (Wildman–Crippen LogP) is 5.40. The zero-order chi connectivity index (χ0) is 19.8. The molecule has 0 aliphatic heterocycles. The van der Waals surface area contributed by atoms with Crippen LogP contribution in [0.5, 0.6) is 5.75 Å². The second-order valence-electron chi connectivity index (χ2n) is 7.20. The van der Waals surface area contributed by atoms with E-state index in [1.807, 2.05) is 0 Å². The third kappa shape index (κ3) is 4.06. The summed E-state index contributed by atoms with van der Waals surface area (Å²) in [6, 6.07) is 9.31. The van der Waals surface area contributed by atoms with Gasteiger partial charge in [0.2, 0.25) is 5.78 Å². The van der Waals surface area contributed by atoms with Crippen molar-refractivity contribution in [1.29, 1.82) is 0 Å². The highest BCUT2D eigenvalue weighted by Crippen LogP contribution is 2.39. The summed E-state index contributed by atoms with van der Waals surface area (Å²) in [5.41, 5.74) is -0.312. The number of hydrogen-bond donors (Lipinski definition) is 0. The number of carbonyl (C=O) groups is 2. The molecule has 0 aliphatic rings. The maximum absolute atomic E-state index is 13.7. The summed E-state index contributed by atoms with van der Waals surface area (Å²) < 4.78 is 33.3. The number of ether oxygens (including phenoxy) is 1. The molecule has 1 heterocycles. The van der Waals surface area contributed by atoms with E-state index >= 15 is 0 Å². The van der Waals surface area contributed by atoms with Gasteiger partial charge in [0.05, 0.1) is 0 Å². The standard InChI is InChI=1S/C21H18F2O3S/c1-21(2,3)17(24)11-26-19-15-10-14(23)8-9-16(15)27-20(19)18(25)12-4-6-13(22)7-5-12/h4-10H,11H2,1-3H3. The first-order valence-corrected chi connectivity index (χ1v) is 9.17. The lowest BCUT2D eigenvalue weighted by atomic mass is 9.91. The van der Waals surface area contributed by atoms with Crippen LogP contribution in [0.3, 0.4) is 0 Å². The number of hydrogen-bond acceptors (Lipinski definition) is 4. The summed E-state index contributed by atoms with van der Waals surface area (Å²) in [7, 11) is 0. The first-order chi connectivity index (χ1) is 12.7. The fourth-order valence-electron chi connectivity index (χ4n) is 2.43. The smallest absolute Gasteiger partial charge is 0.206 e. The van der Waals surface area contributed by atoms with Crippen molar-refractivity contribution in [3.8, 4) is 5.75 Å². The SMILES string of the molecule is CC(C)(C)C(=O)COc1c(C(=O)c2ccc(F)cc2)sc2ccc(F)cc12. The molecule has 0 bridgehead atoms. The lowest BCUT2D eigenvalue weighted by Crippen LogP contribution is -2.26. The van der Waals surface area contributed by atoms with Gasteiger partial charge in [-0.25, -0.2) is 8.78 Å². The Hall–Kier alpha value is -2.60. The van der Waals surface area contributed by atoms with Crippen LogP contribution < -0.4 is 4.74 Å². The van der Waals surface area contributed by atoms with Gasteiger partial charge in [-0.3, -0.25) is 9.59 Å². The van der Waals surface area contributed by atoms with Gasteiger partial charge >= 0.3 is 0 Å². The van der Waals surface area contributed by atoms with Crippen molar-refractivity contribution >= 4 is 33.0 Å². The van der Waals surface area contributed by atoms with Gasteiger partial charge in [0.15, 0.2) is 5.78 Å². The average Bonchev–Trinajstić information content (AvgIpc) is 2.96. The fraction of sp³-hybridized carbons (Fsp3) is 0.238. The second-order valence-corrected chi connectivity index (χ2v) is 8.25. The van der Waals surface area contributed by atoms with E-state index in [0.29, 0.717) is 10.1 Å². The monoisotopic (exact) mass is 388 g/mol. The van der Waals surface area contributed by atoms with E-state index < -0.39 is 17.0 Å². The maximum Gasteiger partial charge on any atom is 0.206 e. The summed E-state index contributed by atoms with van der Waals surface area (Å²) >= 11 is 1.15. The van der Waals surface area contributed by atoms with Gasteiger partial charge in [0, 0.05) is 21.1 Å². The van der Waals surface area contributed by atoms with Crippen molar-refractivity contribution in [1.82, 2.24) is 0 Å². The summed E-state index contributed by atoms with van der Waals surface area (Å²) in [6.07, 6.45) is 0. The number of halogens is 2. The Morgan fingerprint density at radius 1 is 1.00 bits per heavy atom. The van der Waals surface area contributed by atoms with Crippen molar-refractivity contribution in [2.24, 2.45) is 5.41 Å². The van der Waals surface area contributed by atoms with Crippen molar-refractivity contribution in [2.75, 3.05) is 6.61 Å². The van der Waals surface area contributed by atoms with Gasteiger partial charge in [-0.15, -0.1) is 11.3 Å². The van der Waals surface area contributed by atoms with E-state index in [9.17, 15) is 18.4 Å². The summed E-state index contributed by atoms with van der Waals surface area (Å²) in [5.74, 6) is -1.24. The number of carbonyl (C=O) groups excluding carboxylic acids is 2. The van der Waals surface area contributed by atoms with Crippen LogP contribution in [0.1, 0.15) is 36.0 Å². The molecule has 27 heavy (non-hydrogen) atoms. The molecule has 0 N–H and O–H groups in total. The number of benzene rings is 2. The normalized spacial score (nSPS) is 11.6. The van der Waals surface area contributed by atoms with E-state index in [4.69, 9.17) is 4.74 Å². The second kappa shape index (κ2) is 7.19. The van der Waals surface area contributed by atoms with Crippen molar-refractivity contribution < 1.29 is 23.1 Å². The molecule has 0 amide bonds. The molecular formula is C21H18F2O3S. The highest BCUT2D eigenvalue weighted by atomic mass is 32.1. The molecule has 0 atom stereocenters. The lowest BCUT2D eigenvalue weighted by Gasteiger charge is -2.17. The highest BCUT2D eigenvalue weighted by Gasteiger charge is 2.25. The molecule has 0 unspecified atom stereocenters. The fourth-order valence-corrected chi connectivity index (χ4v) is 3.52. The van der Waals surface area contributed by atoms with Crippen LogP contribution in [-0.2, 0) is 4.79 Å². The number of fused-ring (bicyclic) bond motifs is 1. The summed E-state index contributed by atoms with van der Waals surface area (Å²) in [6.45, 7) is 5.09. The van der Waals surface area contributed by atoms with Crippen LogP contribution in [0.4, 0.5) is 8.78 Å². The third-order valence-electron chi connectivity index (χ3n) is 4.10. The predicted molar refractivity (Wildman–Crippen MR) is 102 cm³/mol. The number of ketones is 2. The van der Waals surface area contributed by atoms with Crippen molar-refractivity contribution in [2.45, 2.75) is 20.8 Å². The Balaban J connectivity index is 2.04. The van der Waals surface area contributed by atoms with Gasteiger partial charge in [0.1, 0.15) is 28.9 Å². The molecule has 0 saturated heterocycles. The van der Waals surface area contributed by atoms with Crippen LogP contribution in [0.25, 0.3) is 10.1 Å². The van der Waals surface area contributed by atoms with Crippen LogP contribution in [0, 0.1) is 17.0 Å². The number of thiophene rings is 1. The van der Waals surface area contributed by atoms with Gasteiger partial charge in [-0.05, 0) is 42.5 Å². The number of Topliss-reactive ketones (excluding diaryl/α,β-unsaturated/α-hetero) is 1. The van der Waals surface area contributed by atoms with Crippen LogP contribution in [0.15, 0.2) is 42.5 Å². The molecule has 6 heteroatoms. The minimum Gasteiger partial charge on any atom is -0.483 e. The minimum absolute atomic E-state index is 0.140. The van der Waals surface area contributed by atoms with E-state index in [0.717, 1.165) is 11.3 Å². The summed E-state index contributed by atoms with van der Waals surface area (Å²) in [5, 5.41) is 0.437. The largest absolute Gasteiger partial charge is 0.483 e. The average molecular weight is 388 g/mol. The molecule has 1 aromatic heterocycles. The molecule has 3 rings (SSSR count). The first kappa shape index (κ1) is 19.2. The molecule has 0 fully saturated rings. The van der Waals surface area contributed by atoms with Crippen molar-refractivity contribution in [3.05, 3.63) is 64.5 Å². The lowest BCUT2D eigenvalue weighted by molar-refractivity contribution is -0.128. The van der Waals surface area contributed by atoms with Crippen molar-refractivity contribution in [3.63, 3.8) is 0 Å². The topological polar surface area (TPSA) is 43.4 Å². The molecule has 0 saturated carbocycles. The zero-order valence-electron chi connectivity index (χ0n) is 15.1. The van der Waals surface area contributed by atoms with Gasteiger partial charge < -0.3 is 4.74 Å². The van der Waals surface area contributed by atoms with E-state index in [2.05, 4.69) is 0 Å². The molecule has 0 radical (unpaired) electrons. The Morgan fingerprint density at radius 3 is 2.26 bits per heavy atom. The Morgan fingerprint density at radius 2 is 1.63 bits per heavy atom. The Kier molecular flexibility index (Phi) is 5.11. The maximum atomic E-state index is 13.7. The zero-order valence-corrected chi connectivity index (χ0v) is 16.0. The Labute approximate surface area is 159 Å². The minimum atomic E-state index is -0.599. The molecule has 3 aromatic rings. The molecule has 140 valence electrons. The highest BCUT2D eigenvalue weighted by molar-refractivity contribution is 7.21. The summed E-state index contributed by atoms with van der Waals surface area (Å²) in [4.78, 5) is 25.4. The molecule has 3 nitrogen and oxygen atoms in total. The molecular weight excluding hydrogens is 370 g/mol. The van der Waals surface area contributed by atoms with E-state index in [1.54, 1.807) is 26.8 Å². The molecule has 0 aliphatic carbocycles. The van der Waals surface area contributed by atoms with Crippen LogP contribution in [0.2, 0.25) is 0 Å². The Bertz CT molecular complexity index is 1010. The molecule has 2 aromatic carbocycles. The first-order valence-electron chi connectivity index (χ1n) is 8.35. The van der Waals surface area contributed by atoms with Gasteiger partial charge in [0.25, 0.3) is 0 Å². The van der Waals surface area contributed by atoms with Gasteiger partial charge in [-0.1, -0.05) is 20.8 Å². The number of rotatable bonds is 5. The van der Waals surface area contributed by atoms with E-state index in [-0.39, 0.29) is 34.4 Å². The molecule has 0 spiro atoms. The third-order valence-corrected chi connectivity index (χ3v) is 5.25. The van der Waals surface area contributed by atoms with E-state index in [1.165, 1.54) is 36.4 Å². The van der Waals surface area contributed by atoms with Crippen LogP contribution >= 0.6 is 11.3 Å². The quantitative estimate of drug-likeness (QED) is 0.549.